The van der Waals surface area contributed by atoms with Crippen LogP contribution < -0.4 is 11.3 Å². The molecule has 2 rings (SSSR count). The van der Waals surface area contributed by atoms with Gasteiger partial charge in [0.2, 0.25) is 0 Å². The summed E-state index contributed by atoms with van der Waals surface area (Å²) in [5.74, 6) is 4.70. The van der Waals surface area contributed by atoms with Crippen molar-refractivity contribution < 1.29 is 9.90 Å². The summed E-state index contributed by atoms with van der Waals surface area (Å²) in [6, 6.07) is 4.72. The maximum absolute atomic E-state index is 11.1. The highest BCUT2D eigenvalue weighted by Crippen LogP contribution is 2.25. The number of carbonyl (C=O) groups is 1. The molecule has 0 aliphatic rings. The molecule has 0 aliphatic carbocycles. The van der Waals surface area contributed by atoms with Gasteiger partial charge in [-0.3, -0.25) is 10.2 Å². The number of carbonyl (C=O) groups excluding carboxylic acids is 1. The van der Waals surface area contributed by atoms with E-state index in [1.807, 2.05) is 5.43 Å². The second-order valence-electron chi connectivity index (χ2n) is 2.64. The molecule has 1 heterocycles. The zero-order chi connectivity index (χ0) is 10.1. The number of rotatable bonds is 1. The Morgan fingerprint density at radius 3 is 3.07 bits per heavy atom. The number of nitrogen functional groups attached to an aromatic ring is 1. The number of benzene rings is 1. The average molecular weight is 209 g/mol. The first-order chi connectivity index (χ1) is 6.70. The number of nitrogens with zero attached hydrogens (tertiary/aromatic N) is 1. The lowest BCUT2D eigenvalue weighted by Gasteiger charge is -1.89. The minimum Gasteiger partial charge on any atom is -0.508 e. The Morgan fingerprint density at radius 1 is 1.57 bits per heavy atom. The van der Waals surface area contributed by atoms with Crippen molar-refractivity contribution in [3.05, 3.63) is 23.2 Å². The molecule has 1 aromatic heterocycles. The Kier molecular flexibility index (Phi) is 2.06. The van der Waals surface area contributed by atoms with Gasteiger partial charge < -0.3 is 5.11 Å². The number of fused-ring (bicyclic) bond motifs is 1. The van der Waals surface area contributed by atoms with E-state index in [9.17, 15) is 9.90 Å². The fraction of sp³-hybridized carbons (Fsp3) is 0. The van der Waals surface area contributed by atoms with Crippen molar-refractivity contribution in [3.8, 4) is 5.75 Å². The van der Waals surface area contributed by atoms with Crippen LogP contribution >= 0.6 is 11.3 Å². The zero-order valence-electron chi connectivity index (χ0n) is 7.02. The third-order valence-electron chi connectivity index (χ3n) is 1.70. The van der Waals surface area contributed by atoms with Crippen molar-refractivity contribution in [1.82, 2.24) is 10.4 Å². The quantitative estimate of drug-likeness (QED) is 0.364. The van der Waals surface area contributed by atoms with Crippen LogP contribution in [-0.2, 0) is 0 Å². The summed E-state index contributed by atoms with van der Waals surface area (Å²) in [6.45, 7) is 0. The van der Waals surface area contributed by atoms with E-state index in [2.05, 4.69) is 4.98 Å². The highest BCUT2D eigenvalue weighted by atomic mass is 32.1. The SMILES string of the molecule is NNC(=O)c1nc2ccc(O)cc2s1. The van der Waals surface area contributed by atoms with Gasteiger partial charge in [0.1, 0.15) is 5.75 Å². The van der Waals surface area contributed by atoms with Gasteiger partial charge in [0, 0.05) is 0 Å². The van der Waals surface area contributed by atoms with Crippen molar-refractivity contribution in [1.29, 1.82) is 0 Å². The van der Waals surface area contributed by atoms with Crippen molar-refractivity contribution in [2.75, 3.05) is 0 Å². The molecular weight excluding hydrogens is 202 g/mol. The lowest BCUT2D eigenvalue weighted by Crippen LogP contribution is -2.29. The fourth-order valence-electron chi connectivity index (χ4n) is 1.07. The highest BCUT2D eigenvalue weighted by molar-refractivity contribution is 7.20. The third kappa shape index (κ3) is 1.40. The number of thiazole rings is 1. The normalized spacial score (nSPS) is 10.4. The zero-order valence-corrected chi connectivity index (χ0v) is 7.84. The number of nitrogens with two attached hydrogens (primary N) is 1. The monoisotopic (exact) mass is 209 g/mol. The molecule has 1 amide bonds. The lowest BCUT2D eigenvalue weighted by molar-refractivity contribution is 0.0953. The van der Waals surface area contributed by atoms with E-state index in [-0.39, 0.29) is 10.8 Å². The number of aromatic hydroxyl groups is 1. The molecule has 0 atom stereocenters. The average Bonchev–Trinajstić information content (AvgIpc) is 2.59. The predicted octanol–water partition coefficient (Wildman–Crippen LogP) is 0.605. The molecule has 6 heteroatoms. The molecule has 0 unspecified atom stereocenters. The molecule has 0 radical (unpaired) electrons. The largest absolute Gasteiger partial charge is 0.508 e. The molecular formula is C8H7N3O2S. The van der Waals surface area contributed by atoms with Gasteiger partial charge in [-0.15, -0.1) is 11.3 Å². The number of hydrazine groups is 1. The molecule has 72 valence electrons. The van der Waals surface area contributed by atoms with E-state index in [1.54, 1.807) is 12.1 Å². The number of hydrogen-bond donors (Lipinski definition) is 3. The minimum atomic E-state index is -0.425. The van der Waals surface area contributed by atoms with Crippen LogP contribution in [0.15, 0.2) is 18.2 Å². The molecule has 0 bridgehead atoms. The second-order valence-corrected chi connectivity index (χ2v) is 3.68. The van der Waals surface area contributed by atoms with E-state index in [4.69, 9.17) is 5.84 Å². The number of phenols is 1. The van der Waals surface area contributed by atoms with Gasteiger partial charge in [-0.2, -0.15) is 0 Å². The summed E-state index contributed by atoms with van der Waals surface area (Å²) in [7, 11) is 0. The van der Waals surface area contributed by atoms with Crippen LogP contribution in [0.4, 0.5) is 0 Å². The topological polar surface area (TPSA) is 88.2 Å². The van der Waals surface area contributed by atoms with E-state index in [0.29, 0.717) is 5.52 Å². The number of hydrogen-bond acceptors (Lipinski definition) is 5. The van der Waals surface area contributed by atoms with Gasteiger partial charge in [-0.25, -0.2) is 10.8 Å². The molecule has 0 spiro atoms. The number of aromatic nitrogens is 1. The summed E-state index contributed by atoms with van der Waals surface area (Å²) in [5, 5.41) is 9.47. The van der Waals surface area contributed by atoms with Gasteiger partial charge in [-0.1, -0.05) is 0 Å². The Hall–Kier alpha value is -1.66. The maximum atomic E-state index is 11.1. The van der Waals surface area contributed by atoms with Crippen LogP contribution in [0.1, 0.15) is 9.80 Å². The fourth-order valence-corrected chi connectivity index (χ4v) is 1.97. The Morgan fingerprint density at radius 2 is 2.36 bits per heavy atom. The van der Waals surface area contributed by atoms with Gasteiger partial charge in [0.15, 0.2) is 5.01 Å². The van der Waals surface area contributed by atoms with E-state index in [0.717, 1.165) is 4.70 Å². The molecule has 0 fully saturated rings. The standard InChI is InChI=1S/C8H7N3O2S/c9-11-7(13)8-10-5-2-1-4(12)3-6(5)14-8/h1-3,12H,9H2,(H,11,13). The Bertz CT molecular complexity index is 494. The molecule has 0 saturated heterocycles. The van der Waals surface area contributed by atoms with Crippen molar-refractivity contribution in [2.24, 2.45) is 5.84 Å². The van der Waals surface area contributed by atoms with Crippen LogP contribution in [0.2, 0.25) is 0 Å². The first kappa shape index (κ1) is 8.92. The summed E-state index contributed by atoms with van der Waals surface area (Å²) < 4.78 is 0.753. The Labute approximate surface area is 83.2 Å². The molecule has 2 aromatic rings. The van der Waals surface area contributed by atoms with Crippen LogP contribution in [-0.4, -0.2) is 16.0 Å². The lowest BCUT2D eigenvalue weighted by atomic mass is 10.3. The van der Waals surface area contributed by atoms with E-state index < -0.39 is 5.91 Å². The number of amides is 1. The smallest absolute Gasteiger partial charge is 0.294 e. The molecule has 0 aliphatic heterocycles. The molecule has 14 heavy (non-hydrogen) atoms. The molecule has 5 nitrogen and oxygen atoms in total. The van der Waals surface area contributed by atoms with Crippen LogP contribution in [0.3, 0.4) is 0 Å². The van der Waals surface area contributed by atoms with Crippen molar-refractivity contribution >= 4 is 27.5 Å². The van der Waals surface area contributed by atoms with Crippen molar-refractivity contribution in [2.45, 2.75) is 0 Å². The van der Waals surface area contributed by atoms with Gasteiger partial charge in [0.05, 0.1) is 10.2 Å². The van der Waals surface area contributed by atoms with Crippen LogP contribution in [0.5, 0.6) is 5.75 Å². The second kappa shape index (κ2) is 3.24. The molecule has 1 aromatic carbocycles. The summed E-state index contributed by atoms with van der Waals surface area (Å²) in [4.78, 5) is 15.2. The third-order valence-corrected chi connectivity index (χ3v) is 2.71. The first-order valence-electron chi connectivity index (χ1n) is 3.81. The first-order valence-corrected chi connectivity index (χ1v) is 4.63. The number of nitrogens with one attached hydrogen (secondary N) is 1. The molecule has 4 N–H and O–H groups in total. The maximum Gasteiger partial charge on any atom is 0.294 e. The van der Waals surface area contributed by atoms with Crippen LogP contribution in [0.25, 0.3) is 10.2 Å². The van der Waals surface area contributed by atoms with E-state index >= 15 is 0 Å². The van der Waals surface area contributed by atoms with E-state index in [1.165, 1.54) is 17.4 Å². The number of phenolic OH excluding ortho intramolecular Hbond substituents is 1. The van der Waals surface area contributed by atoms with Gasteiger partial charge in [-0.05, 0) is 18.2 Å². The van der Waals surface area contributed by atoms with Crippen molar-refractivity contribution in [3.63, 3.8) is 0 Å². The Balaban J connectivity index is 2.56. The summed E-state index contributed by atoms with van der Waals surface area (Å²) in [5.41, 5.74) is 2.68. The minimum absolute atomic E-state index is 0.154. The van der Waals surface area contributed by atoms with Gasteiger partial charge in [0.25, 0.3) is 5.91 Å². The van der Waals surface area contributed by atoms with Gasteiger partial charge >= 0.3 is 0 Å². The summed E-state index contributed by atoms with van der Waals surface area (Å²) in [6.07, 6.45) is 0. The summed E-state index contributed by atoms with van der Waals surface area (Å²) >= 11 is 1.18. The van der Waals surface area contributed by atoms with Crippen LogP contribution in [0, 0.1) is 0 Å². The molecule has 0 saturated carbocycles. The predicted molar refractivity (Wildman–Crippen MR) is 52.9 cm³/mol. The highest BCUT2D eigenvalue weighted by Gasteiger charge is 2.10.